The molecule has 1 rings (SSSR count). The van der Waals surface area contributed by atoms with E-state index in [9.17, 15) is 0 Å². The monoisotopic (exact) mass is 136 g/mol. The van der Waals surface area contributed by atoms with Crippen LogP contribution in [0.25, 0.3) is 0 Å². The van der Waals surface area contributed by atoms with Gasteiger partial charge in [0, 0.05) is 19.8 Å². The van der Waals surface area contributed by atoms with E-state index in [-0.39, 0.29) is 0 Å². The maximum absolute atomic E-state index is 7.06. The fourth-order valence-corrected chi connectivity index (χ4v) is 0.721. The number of nitrogens with one attached hydrogen (secondary N) is 2. The van der Waals surface area contributed by atoms with Gasteiger partial charge in [-0.25, -0.2) is 4.98 Å². The Morgan fingerprint density at radius 2 is 2.50 bits per heavy atom. The van der Waals surface area contributed by atoms with Gasteiger partial charge >= 0.3 is 0 Å². The van der Waals surface area contributed by atoms with Gasteiger partial charge in [-0.3, -0.25) is 5.73 Å². The zero-order valence-corrected chi connectivity index (χ0v) is 5.89. The van der Waals surface area contributed by atoms with Crippen molar-refractivity contribution in [2.45, 2.75) is 6.54 Å². The predicted molar refractivity (Wildman–Crippen MR) is 40.6 cm³/mol. The maximum Gasteiger partial charge on any atom is 0.125 e. The molecular formula is C7H10N3. The Morgan fingerprint density at radius 3 is 3.10 bits per heavy atom. The molecule has 1 radical (unpaired) electrons. The van der Waals surface area contributed by atoms with Crippen LogP contribution in [-0.4, -0.2) is 12.0 Å². The van der Waals surface area contributed by atoms with Crippen molar-refractivity contribution in [3.63, 3.8) is 0 Å². The van der Waals surface area contributed by atoms with Crippen molar-refractivity contribution in [1.82, 2.24) is 10.7 Å². The highest BCUT2D eigenvalue weighted by Gasteiger charge is 1.90. The Hall–Kier alpha value is -1.09. The van der Waals surface area contributed by atoms with Crippen LogP contribution in [0.2, 0.25) is 0 Å². The van der Waals surface area contributed by atoms with Crippen molar-refractivity contribution in [1.29, 1.82) is 0 Å². The van der Waals surface area contributed by atoms with Crippen molar-refractivity contribution >= 4 is 5.82 Å². The van der Waals surface area contributed by atoms with Gasteiger partial charge in [0.2, 0.25) is 0 Å². The lowest BCUT2D eigenvalue weighted by Gasteiger charge is -1.99. The molecule has 53 valence electrons. The van der Waals surface area contributed by atoms with Crippen molar-refractivity contribution in [3.8, 4) is 0 Å². The topological polar surface area (TPSA) is 48.7 Å². The first-order chi connectivity index (χ1) is 4.86. The van der Waals surface area contributed by atoms with Crippen LogP contribution in [0.4, 0.5) is 5.82 Å². The van der Waals surface area contributed by atoms with E-state index < -0.39 is 0 Å². The first kappa shape index (κ1) is 7.02. The van der Waals surface area contributed by atoms with E-state index in [0.717, 1.165) is 11.4 Å². The summed E-state index contributed by atoms with van der Waals surface area (Å²) in [7, 11) is 1.82. The van der Waals surface area contributed by atoms with E-state index in [4.69, 9.17) is 5.73 Å². The molecule has 0 aromatic carbocycles. The zero-order valence-electron chi connectivity index (χ0n) is 5.89. The molecule has 0 saturated heterocycles. The first-order valence-corrected chi connectivity index (χ1v) is 3.14. The van der Waals surface area contributed by atoms with E-state index in [2.05, 4.69) is 10.3 Å². The molecule has 1 aromatic heterocycles. The summed E-state index contributed by atoms with van der Waals surface area (Å²) in [5, 5.41) is 2.91. The highest BCUT2D eigenvalue weighted by Crippen LogP contribution is 2.04. The Kier molecular flexibility index (Phi) is 2.23. The maximum atomic E-state index is 7.06. The third-order valence-corrected chi connectivity index (χ3v) is 1.28. The number of hydrogen-bond acceptors (Lipinski definition) is 2. The normalized spacial score (nSPS) is 9.40. The molecule has 0 saturated carbocycles. The summed E-state index contributed by atoms with van der Waals surface area (Å²) < 4.78 is 0. The van der Waals surface area contributed by atoms with Crippen LogP contribution in [0.15, 0.2) is 18.3 Å². The second kappa shape index (κ2) is 3.17. The molecule has 0 spiro atoms. The van der Waals surface area contributed by atoms with Crippen LogP contribution in [0.3, 0.4) is 0 Å². The van der Waals surface area contributed by atoms with Crippen molar-refractivity contribution < 1.29 is 0 Å². The average molecular weight is 136 g/mol. The van der Waals surface area contributed by atoms with Crippen LogP contribution >= 0.6 is 0 Å². The summed E-state index contributed by atoms with van der Waals surface area (Å²) in [6.45, 7) is 0.317. The lowest BCUT2D eigenvalue weighted by Crippen LogP contribution is -1.93. The van der Waals surface area contributed by atoms with Gasteiger partial charge in [-0.1, -0.05) is 0 Å². The summed E-state index contributed by atoms with van der Waals surface area (Å²) in [6, 6.07) is 3.71. The van der Waals surface area contributed by atoms with Gasteiger partial charge in [0.1, 0.15) is 5.82 Å². The molecule has 1 heterocycles. The molecule has 3 nitrogen and oxygen atoms in total. The van der Waals surface area contributed by atoms with Crippen LogP contribution in [0.1, 0.15) is 5.56 Å². The summed E-state index contributed by atoms with van der Waals surface area (Å²) in [4.78, 5) is 4.01. The lowest BCUT2D eigenvalue weighted by atomic mass is 10.3. The number of nitrogens with zero attached hydrogens (tertiary/aromatic N) is 1. The average Bonchev–Trinajstić information content (AvgIpc) is 2.05. The number of aromatic nitrogens is 1. The van der Waals surface area contributed by atoms with E-state index >= 15 is 0 Å². The smallest absolute Gasteiger partial charge is 0.125 e. The van der Waals surface area contributed by atoms with E-state index in [1.54, 1.807) is 6.20 Å². The Balaban J connectivity index is 2.87. The molecule has 0 fully saturated rings. The van der Waals surface area contributed by atoms with E-state index in [1.807, 2.05) is 19.2 Å². The van der Waals surface area contributed by atoms with Crippen LogP contribution in [0, 0.1) is 0 Å². The van der Waals surface area contributed by atoms with Gasteiger partial charge in [-0.2, -0.15) is 0 Å². The van der Waals surface area contributed by atoms with Gasteiger partial charge in [0.25, 0.3) is 0 Å². The molecule has 3 heteroatoms. The standard InChI is InChI=1S/C7H10N3/c1-9-7-4-6(5-8)2-3-10-7/h2-4,8H,5H2,1H3,(H,9,10). The minimum Gasteiger partial charge on any atom is -0.373 e. The Labute approximate surface area is 60.3 Å². The third kappa shape index (κ3) is 1.45. The molecular weight excluding hydrogens is 126 g/mol. The molecule has 0 aliphatic carbocycles. The van der Waals surface area contributed by atoms with Gasteiger partial charge in [0.15, 0.2) is 0 Å². The third-order valence-electron chi connectivity index (χ3n) is 1.28. The van der Waals surface area contributed by atoms with Crippen molar-refractivity contribution in [2.24, 2.45) is 0 Å². The molecule has 0 unspecified atom stereocenters. The van der Waals surface area contributed by atoms with Crippen LogP contribution < -0.4 is 11.1 Å². The summed E-state index contributed by atoms with van der Waals surface area (Å²) in [5.74, 6) is 0.824. The van der Waals surface area contributed by atoms with E-state index in [1.165, 1.54) is 0 Å². The Bertz CT molecular complexity index is 191. The first-order valence-electron chi connectivity index (χ1n) is 3.14. The van der Waals surface area contributed by atoms with Gasteiger partial charge < -0.3 is 5.32 Å². The molecule has 2 N–H and O–H groups in total. The van der Waals surface area contributed by atoms with Crippen LogP contribution in [-0.2, 0) is 6.54 Å². The molecule has 0 aliphatic heterocycles. The van der Waals surface area contributed by atoms with Crippen LogP contribution in [0.5, 0.6) is 0 Å². The number of rotatable bonds is 2. The zero-order chi connectivity index (χ0) is 7.40. The molecule has 10 heavy (non-hydrogen) atoms. The highest BCUT2D eigenvalue weighted by molar-refractivity contribution is 5.36. The summed E-state index contributed by atoms with van der Waals surface area (Å²) in [6.07, 6.45) is 1.70. The highest BCUT2D eigenvalue weighted by atomic mass is 14.9. The number of pyridine rings is 1. The van der Waals surface area contributed by atoms with Crippen molar-refractivity contribution in [3.05, 3.63) is 23.9 Å². The van der Waals surface area contributed by atoms with Gasteiger partial charge in [0.05, 0.1) is 0 Å². The lowest BCUT2D eigenvalue weighted by molar-refractivity contribution is 1.02. The summed E-state index contributed by atoms with van der Waals surface area (Å²) >= 11 is 0. The SMILES string of the molecule is CNc1cc(C[NH])ccn1. The minimum absolute atomic E-state index is 0.317. The largest absolute Gasteiger partial charge is 0.373 e. The van der Waals surface area contributed by atoms with Gasteiger partial charge in [-0.15, -0.1) is 0 Å². The summed E-state index contributed by atoms with van der Waals surface area (Å²) in [5.41, 5.74) is 8.05. The van der Waals surface area contributed by atoms with Crippen molar-refractivity contribution in [2.75, 3.05) is 12.4 Å². The van der Waals surface area contributed by atoms with E-state index in [0.29, 0.717) is 6.54 Å². The number of anilines is 1. The molecule has 1 aromatic rings. The second-order valence-electron chi connectivity index (χ2n) is 1.98. The van der Waals surface area contributed by atoms with Gasteiger partial charge in [-0.05, 0) is 17.7 Å². The molecule has 0 bridgehead atoms. The molecule has 0 atom stereocenters. The fraction of sp³-hybridized carbons (Fsp3) is 0.286. The number of hydrogen-bond donors (Lipinski definition) is 1. The minimum atomic E-state index is 0.317. The Morgan fingerprint density at radius 1 is 1.70 bits per heavy atom. The fourth-order valence-electron chi connectivity index (χ4n) is 0.721. The molecule has 0 aliphatic rings. The molecule has 0 amide bonds. The quantitative estimate of drug-likeness (QED) is 0.656. The predicted octanol–water partition coefficient (Wildman–Crippen LogP) is 0.906. The second-order valence-corrected chi connectivity index (χ2v) is 1.98.